The Bertz CT molecular complexity index is 2590. The fourth-order valence-corrected chi connectivity index (χ4v) is 9.22. The molecule has 3 aliphatic rings. The number of imide groups is 1. The van der Waals surface area contributed by atoms with Crippen LogP contribution in [0.4, 0.5) is 31.7 Å². The topological polar surface area (TPSA) is 172 Å². The van der Waals surface area contributed by atoms with E-state index in [9.17, 15) is 23.2 Å². The minimum atomic E-state index is -2.87. The van der Waals surface area contributed by atoms with Crippen molar-refractivity contribution in [3.05, 3.63) is 83.8 Å². The van der Waals surface area contributed by atoms with Crippen LogP contribution in [0.1, 0.15) is 97.2 Å². The molecule has 61 heavy (non-hydrogen) atoms. The van der Waals surface area contributed by atoms with E-state index in [2.05, 4.69) is 71.2 Å². The van der Waals surface area contributed by atoms with E-state index in [0.29, 0.717) is 30.6 Å². The SMILES string of the molecule is Cc1ccc(Nc2ccn3ncc(C(=O)Nc4cn(C5CCC(CN(C)C6CCN(c7ccc8c(C9CCC(=O)NC9=O)nn(C)c8c7)CC6)CC5)nc4C(F)F)c3n2)cn1. The van der Waals surface area contributed by atoms with E-state index in [1.807, 2.05) is 30.8 Å². The van der Waals surface area contributed by atoms with Gasteiger partial charge in [0, 0.05) is 68.3 Å². The summed E-state index contributed by atoms with van der Waals surface area (Å²) in [5, 5.41) is 22.5. The molecule has 6 aromatic rings. The minimum Gasteiger partial charge on any atom is -0.371 e. The Hall–Kier alpha value is -6.30. The molecule has 16 nitrogen and oxygen atoms in total. The highest BCUT2D eigenvalue weighted by atomic mass is 19.3. The van der Waals surface area contributed by atoms with Crippen molar-refractivity contribution in [2.24, 2.45) is 13.0 Å². The Morgan fingerprint density at radius 1 is 1.00 bits per heavy atom. The molecule has 3 amide bonds. The maximum absolute atomic E-state index is 14.3. The van der Waals surface area contributed by atoms with Gasteiger partial charge in [-0.05, 0) is 101 Å². The van der Waals surface area contributed by atoms with Gasteiger partial charge in [0.15, 0.2) is 11.3 Å². The van der Waals surface area contributed by atoms with Crippen molar-refractivity contribution >= 4 is 57.2 Å². The smallest absolute Gasteiger partial charge is 0.284 e. The van der Waals surface area contributed by atoms with Crippen LogP contribution in [0, 0.1) is 12.8 Å². The third kappa shape index (κ3) is 8.28. The number of amides is 3. The summed E-state index contributed by atoms with van der Waals surface area (Å²) in [6.07, 6.45) is 9.74. The van der Waals surface area contributed by atoms with Crippen molar-refractivity contribution < 1.29 is 23.2 Å². The molecular formula is C43H49F2N13O3. The Kier molecular flexibility index (Phi) is 10.9. The number of aromatic nitrogens is 8. The van der Waals surface area contributed by atoms with Crippen molar-refractivity contribution in [2.45, 2.75) is 82.7 Å². The lowest BCUT2D eigenvalue weighted by Crippen LogP contribution is -2.45. The Morgan fingerprint density at radius 2 is 1.80 bits per heavy atom. The molecule has 0 bridgehead atoms. The maximum Gasteiger partial charge on any atom is 0.284 e. The average Bonchev–Trinajstić information content (AvgIpc) is 3.97. The molecule has 3 fully saturated rings. The van der Waals surface area contributed by atoms with Crippen LogP contribution in [-0.2, 0) is 16.6 Å². The molecular weight excluding hydrogens is 785 g/mol. The summed E-state index contributed by atoms with van der Waals surface area (Å²) in [7, 11) is 4.10. The molecule has 7 heterocycles. The van der Waals surface area contributed by atoms with E-state index < -0.39 is 23.9 Å². The first-order chi connectivity index (χ1) is 29.5. The van der Waals surface area contributed by atoms with E-state index in [1.165, 1.54) is 16.9 Å². The number of nitrogens with one attached hydrogen (secondary N) is 3. The highest BCUT2D eigenvalue weighted by Crippen LogP contribution is 2.37. The first kappa shape index (κ1) is 40.1. The van der Waals surface area contributed by atoms with E-state index >= 15 is 0 Å². The number of benzene rings is 1. The predicted molar refractivity (Wildman–Crippen MR) is 225 cm³/mol. The van der Waals surface area contributed by atoms with Crippen LogP contribution in [0.2, 0.25) is 0 Å². The minimum absolute atomic E-state index is 0.0234. The Labute approximate surface area is 350 Å². The number of anilines is 4. The van der Waals surface area contributed by atoms with Crippen molar-refractivity contribution in [3.63, 3.8) is 0 Å². The van der Waals surface area contributed by atoms with Crippen LogP contribution in [0.3, 0.4) is 0 Å². The molecule has 2 aliphatic heterocycles. The van der Waals surface area contributed by atoms with Crippen molar-refractivity contribution in [2.75, 3.05) is 42.2 Å². The predicted octanol–water partition coefficient (Wildman–Crippen LogP) is 6.30. The number of carbonyl (C=O) groups excluding carboxylic acids is 3. The summed E-state index contributed by atoms with van der Waals surface area (Å²) in [4.78, 5) is 51.5. The number of fused-ring (bicyclic) bond motifs is 2. The molecule has 1 aromatic carbocycles. The van der Waals surface area contributed by atoms with Crippen molar-refractivity contribution in [3.8, 4) is 0 Å². The van der Waals surface area contributed by atoms with Crippen LogP contribution in [0.5, 0.6) is 0 Å². The average molecular weight is 834 g/mol. The molecule has 3 N–H and O–H groups in total. The van der Waals surface area contributed by atoms with Gasteiger partial charge in [0.05, 0.1) is 46.9 Å². The number of hydrogen-bond donors (Lipinski definition) is 3. The molecule has 1 saturated carbocycles. The van der Waals surface area contributed by atoms with E-state index in [-0.39, 0.29) is 34.8 Å². The first-order valence-corrected chi connectivity index (χ1v) is 21.0. The first-order valence-electron chi connectivity index (χ1n) is 21.0. The molecule has 2 saturated heterocycles. The van der Waals surface area contributed by atoms with Gasteiger partial charge in [-0.3, -0.25) is 34.0 Å². The lowest BCUT2D eigenvalue weighted by Gasteiger charge is -2.40. The molecule has 5 aromatic heterocycles. The summed E-state index contributed by atoms with van der Waals surface area (Å²) >= 11 is 0. The fraction of sp³-hybridized carbons (Fsp3) is 0.442. The zero-order valence-electron chi connectivity index (χ0n) is 34.4. The van der Waals surface area contributed by atoms with E-state index in [0.717, 1.165) is 91.8 Å². The number of pyridine rings is 1. The third-order valence-electron chi connectivity index (χ3n) is 12.6. The highest BCUT2D eigenvalue weighted by Gasteiger charge is 2.33. The zero-order chi connectivity index (χ0) is 42.4. The number of alkyl halides is 2. The molecule has 18 heteroatoms. The lowest BCUT2D eigenvalue weighted by atomic mass is 9.85. The van der Waals surface area contributed by atoms with Gasteiger partial charge < -0.3 is 20.4 Å². The number of hydrogen-bond acceptors (Lipinski definition) is 11. The van der Waals surface area contributed by atoms with Crippen LogP contribution in [-0.4, -0.2) is 94.5 Å². The van der Waals surface area contributed by atoms with Crippen LogP contribution >= 0.6 is 0 Å². The number of halogens is 2. The molecule has 318 valence electrons. The lowest BCUT2D eigenvalue weighted by molar-refractivity contribution is -0.134. The zero-order valence-corrected chi connectivity index (χ0v) is 34.4. The summed E-state index contributed by atoms with van der Waals surface area (Å²) in [5.74, 6) is -0.590. The molecule has 1 aliphatic carbocycles. The van der Waals surface area contributed by atoms with Gasteiger partial charge in [0.25, 0.3) is 12.3 Å². The fourth-order valence-electron chi connectivity index (χ4n) is 9.22. The summed E-state index contributed by atoms with van der Waals surface area (Å²) < 4.78 is 33.5. The van der Waals surface area contributed by atoms with Gasteiger partial charge in [-0.2, -0.15) is 15.3 Å². The van der Waals surface area contributed by atoms with E-state index in [1.54, 1.807) is 23.1 Å². The second-order valence-corrected chi connectivity index (χ2v) is 16.7. The van der Waals surface area contributed by atoms with Crippen LogP contribution in [0.25, 0.3) is 16.6 Å². The number of piperidine rings is 2. The molecule has 0 radical (unpaired) electrons. The molecule has 1 unspecified atom stereocenters. The number of carbonyl (C=O) groups is 3. The highest BCUT2D eigenvalue weighted by molar-refractivity contribution is 6.08. The van der Waals surface area contributed by atoms with Crippen LogP contribution in [0.15, 0.2) is 61.2 Å². The quantitative estimate of drug-likeness (QED) is 0.125. The summed E-state index contributed by atoms with van der Waals surface area (Å²) in [6, 6.07) is 12.2. The van der Waals surface area contributed by atoms with Gasteiger partial charge in [0.1, 0.15) is 11.4 Å². The van der Waals surface area contributed by atoms with Gasteiger partial charge >= 0.3 is 0 Å². The Morgan fingerprint density at radius 3 is 2.54 bits per heavy atom. The Balaban J connectivity index is 0.779. The largest absolute Gasteiger partial charge is 0.371 e. The van der Waals surface area contributed by atoms with Crippen LogP contribution < -0.4 is 20.9 Å². The van der Waals surface area contributed by atoms with Crippen molar-refractivity contribution in [1.82, 2.24) is 49.4 Å². The monoisotopic (exact) mass is 833 g/mol. The standard InChI is InChI=1S/C43H49F2N13O3/c1-25-4-7-27(21-46-25)48-36-16-19-57-41(50-36)33(22-47-57)43(61)49-34-24-58(53-39(34)40(44)45)29-8-5-26(6-9-29)23-54(2)28-14-17-56(18-15-28)30-10-11-31-35(20-30)55(3)52-38(31)32-12-13-37(59)51-42(32)60/h4,7,10-11,16,19-22,24,26,28-29,32,40H,5-6,8-9,12-15,17-18,23H2,1-3H3,(H,48,50)(H,49,61)(H,51,59,60). The maximum atomic E-state index is 14.3. The number of aryl methyl sites for hydroxylation is 2. The molecule has 0 spiro atoms. The van der Waals surface area contributed by atoms with Gasteiger partial charge in [-0.1, -0.05) is 0 Å². The van der Waals surface area contributed by atoms with E-state index in [4.69, 9.17) is 5.10 Å². The second-order valence-electron chi connectivity index (χ2n) is 16.7. The third-order valence-corrected chi connectivity index (χ3v) is 12.6. The van der Waals surface area contributed by atoms with Crippen molar-refractivity contribution in [1.29, 1.82) is 0 Å². The normalized spacial score (nSPS) is 20.2. The summed E-state index contributed by atoms with van der Waals surface area (Å²) in [5.41, 5.74) is 4.35. The molecule has 1 atom stereocenters. The molecule has 9 rings (SSSR count). The number of rotatable bonds is 11. The number of nitrogens with zero attached hydrogens (tertiary/aromatic N) is 10. The van der Waals surface area contributed by atoms with Gasteiger partial charge in [-0.25, -0.2) is 18.3 Å². The second kappa shape index (κ2) is 16.6. The van der Waals surface area contributed by atoms with Gasteiger partial charge in [-0.15, -0.1) is 0 Å². The summed E-state index contributed by atoms with van der Waals surface area (Å²) in [6.45, 7) is 4.71. The van der Waals surface area contributed by atoms with Gasteiger partial charge in [0.2, 0.25) is 11.8 Å².